The smallest absolute Gasteiger partial charge is 0.179 e. The largest absolute Gasteiger partial charge is 0.486 e. The van der Waals surface area contributed by atoms with Gasteiger partial charge in [0, 0.05) is 11.8 Å². The lowest BCUT2D eigenvalue weighted by molar-refractivity contribution is 0.171. The van der Waals surface area contributed by atoms with Crippen LogP contribution in [0.1, 0.15) is 17.0 Å². The quantitative estimate of drug-likeness (QED) is 0.858. The molecule has 0 bridgehead atoms. The van der Waals surface area contributed by atoms with Crippen molar-refractivity contribution in [1.82, 2.24) is 5.16 Å². The van der Waals surface area contributed by atoms with Crippen molar-refractivity contribution in [2.45, 2.75) is 18.4 Å². The van der Waals surface area contributed by atoms with Crippen molar-refractivity contribution < 1.29 is 14.0 Å². The van der Waals surface area contributed by atoms with Crippen LogP contribution in [-0.2, 0) is 11.5 Å². The van der Waals surface area contributed by atoms with Crippen LogP contribution in [0.5, 0.6) is 11.5 Å². The second kappa shape index (κ2) is 5.97. The van der Waals surface area contributed by atoms with Crippen LogP contribution in [0.25, 0.3) is 0 Å². The highest BCUT2D eigenvalue weighted by Crippen LogP contribution is 2.39. The Kier molecular flexibility index (Phi) is 4.08. The third kappa shape index (κ3) is 3.04. The minimum atomic E-state index is 0.547. The molecule has 1 aromatic heterocycles. The first kappa shape index (κ1) is 13.6. The molecule has 20 heavy (non-hydrogen) atoms. The van der Waals surface area contributed by atoms with E-state index in [9.17, 15) is 0 Å². The van der Waals surface area contributed by atoms with E-state index in [2.05, 4.69) is 5.16 Å². The summed E-state index contributed by atoms with van der Waals surface area (Å²) < 4.78 is 16.2. The van der Waals surface area contributed by atoms with E-state index in [4.69, 9.17) is 25.6 Å². The maximum absolute atomic E-state index is 6.20. The second-order valence-corrected chi connectivity index (χ2v) is 5.92. The SMILES string of the molecule is Cc1cc(CSCc2cc(Cl)c3c(c2)OCCO3)on1. The molecule has 0 aliphatic carbocycles. The maximum atomic E-state index is 6.20. The second-order valence-electron chi connectivity index (χ2n) is 4.53. The number of fused-ring (bicyclic) bond motifs is 1. The molecule has 0 spiro atoms. The fourth-order valence-corrected chi connectivity index (χ4v) is 3.13. The summed E-state index contributed by atoms with van der Waals surface area (Å²) in [5.74, 6) is 3.88. The topological polar surface area (TPSA) is 44.5 Å². The number of aryl methyl sites for hydroxylation is 1. The van der Waals surface area contributed by atoms with E-state index >= 15 is 0 Å². The molecule has 3 rings (SSSR count). The van der Waals surface area contributed by atoms with E-state index in [-0.39, 0.29) is 0 Å². The minimum absolute atomic E-state index is 0.547. The normalized spacial score (nSPS) is 13.5. The molecular weight excluding hydrogens is 298 g/mol. The number of ether oxygens (including phenoxy) is 2. The Morgan fingerprint density at radius 2 is 2.05 bits per heavy atom. The summed E-state index contributed by atoms with van der Waals surface area (Å²) in [6, 6.07) is 5.86. The van der Waals surface area contributed by atoms with Gasteiger partial charge in [0.2, 0.25) is 0 Å². The minimum Gasteiger partial charge on any atom is -0.486 e. The lowest BCUT2D eigenvalue weighted by Gasteiger charge is -2.20. The molecule has 0 unspecified atom stereocenters. The van der Waals surface area contributed by atoms with Crippen molar-refractivity contribution in [3.05, 3.63) is 40.2 Å². The van der Waals surface area contributed by atoms with E-state index in [0.29, 0.717) is 24.0 Å². The fourth-order valence-electron chi connectivity index (χ4n) is 2.00. The highest BCUT2D eigenvalue weighted by atomic mass is 35.5. The van der Waals surface area contributed by atoms with E-state index in [1.165, 1.54) is 0 Å². The molecule has 0 atom stereocenters. The van der Waals surface area contributed by atoms with Gasteiger partial charge in [0.1, 0.15) is 19.0 Å². The van der Waals surface area contributed by atoms with Crippen molar-refractivity contribution >= 4 is 23.4 Å². The zero-order valence-corrected chi connectivity index (χ0v) is 12.6. The average Bonchev–Trinajstić information content (AvgIpc) is 2.85. The molecule has 2 aromatic rings. The Balaban J connectivity index is 1.64. The molecule has 1 aliphatic rings. The molecular formula is C14H14ClNO3S. The van der Waals surface area contributed by atoms with Crippen LogP contribution in [0, 0.1) is 6.92 Å². The summed E-state index contributed by atoms with van der Waals surface area (Å²) in [5, 5.41) is 4.47. The van der Waals surface area contributed by atoms with Gasteiger partial charge in [0.15, 0.2) is 11.5 Å². The van der Waals surface area contributed by atoms with Gasteiger partial charge in [-0.05, 0) is 24.6 Å². The van der Waals surface area contributed by atoms with Gasteiger partial charge in [-0.15, -0.1) is 11.8 Å². The first-order valence-electron chi connectivity index (χ1n) is 6.30. The van der Waals surface area contributed by atoms with Gasteiger partial charge in [-0.2, -0.15) is 0 Å². The van der Waals surface area contributed by atoms with Gasteiger partial charge in [0.05, 0.1) is 16.5 Å². The molecule has 1 aromatic carbocycles. The first-order valence-corrected chi connectivity index (χ1v) is 7.83. The Bertz CT molecular complexity index is 614. The molecule has 0 saturated carbocycles. The van der Waals surface area contributed by atoms with Crippen LogP contribution in [0.3, 0.4) is 0 Å². The first-order chi connectivity index (χ1) is 9.72. The molecule has 0 fully saturated rings. The van der Waals surface area contributed by atoms with E-state index in [1.54, 1.807) is 11.8 Å². The van der Waals surface area contributed by atoms with Crippen molar-refractivity contribution in [1.29, 1.82) is 0 Å². The summed E-state index contributed by atoms with van der Waals surface area (Å²) in [6.45, 7) is 3.03. The molecule has 4 nitrogen and oxygen atoms in total. The van der Waals surface area contributed by atoms with Crippen LogP contribution in [-0.4, -0.2) is 18.4 Å². The van der Waals surface area contributed by atoms with E-state index < -0.39 is 0 Å². The highest BCUT2D eigenvalue weighted by molar-refractivity contribution is 7.97. The van der Waals surface area contributed by atoms with Gasteiger partial charge in [-0.25, -0.2) is 0 Å². The predicted molar refractivity (Wildman–Crippen MR) is 78.7 cm³/mol. The summed E-state index contributed by atoms with van der Waals surface area (Å²) in [7, 11) is 0. The highest BCUT2D eigenvalue weighted by Gasteiger charge is 2.16. The number of thioether (sulfide) groups is 1. The molecule has 0 N–H and O–H groups in total. The number of rotatable bonds is 4. The zero-order chi connectivity index (χ0) is 13.9. The number of nitrogens with zero attached hydrogens (tertiary/aromatic N) is 1. The summed E-state index contributed by atoms with van der Waals surface area (Å²) in [5.41, 5.74) is 2.02. The molecule has 1 aliphatic heterocycles. The summed E-state index contributed by atoms with van der Waals surface area (Å²) in [4.78, 5) is 0. The average molecular weight is 312 g/mol. The van der Waals surface area contributed by atoms with Crippen LogP contribution >= 0.6 is 23.4 Å². The van der Waals surface area contributed by atoms with Crippen molar-refractivity contribution in [2.75, 3.05) is 13.2 Å². The molecule has 2 heterocycles. The van der Waals surface area contributed by atoms with Crippen molar-refractivity contribution in [3.63, 3.8) is 0 Å². The van der Waals surface area contributed by atoms with Crippen LogP contribution in [0.2, 0.25) is 5.02 Å². The van der Waals surface area contributed by atoms with Crippen LogP contribution < -0.4 is 9.47 Å². The van der Waals surface area contributed by atoms with Crippen molar-refractivity contribution in [3.8, 4) is 11.5 Å². The summed E-state index contributed by atoms with van der Waals surface area (Å²) >= 11 is 7.95. The number of halogens is 1. The molecule has 106 valence electrons. The van der Waals surface area contributed by atoms with Crippen LogP contribution in [0.4, 0.5) is 0 Å². The Hall–Kier alpha value is -1.33. The molecule has 6 heteroatoms. The number of benzene rings is 1. The lowest BCUT2D eigenvalue weighted by atomic mass is 10.2. The predicted octanol–water partition coefficient (Wildman–Crippen LogP) is 3.84. The Labute approximate surface area is 126 Å². The van der Waals surface area contributed by atoms with Gasteiger partial charge < -0.3 is 14.0 Å². The molecule has 0 saturated heterocycles. The maximum Gasteiger partial charge on any atom is 0.179 e. The number of hydrogen-bond donors (Lipinski definition) is 0. The molecule has 0 radical (unpaired) electrons. The Morgan fingerprint density at radius 1 is 1.20 bits per heavy atom. The number of hydrogen-bond acceptors (Lipinski definition) is 5. The standard InChI is InChI=1S/C14H14ClNO3S/c1-9-4-11(19-16-9)8-20-7-10-5-12(15)14-13(6-10)17-2-3-18-14/h4-6H,2-3,7-8H2,1H3. The van der Waals surface area contributed by atoms with E-state index in [0.717, 1.165) is 34.3 Å². The Morgan fingerprint density at radius 3 is 2.85 bits per heavy atom. The van der Waals surface area contributed by atoms with Crippen molar-refractivity contribution in [2.24, 2.45) is 0 Å². The van der Waals surface area contributed by atoms with Gasteiger partial charge >= 0.3 is 0 Å². The third-order valence-corrected chi connectivity index (χ3v) is 4.15. The molecule has 0 amide bonds. The van der Waals surface area contributed by atoms with Gasteiger partial charge in [-0.3, -0.25) is 0 Å². The van der Waals surface area contributed by atoms with Gasteiger partial charge in [-0.1, -0.05) is 16.8 Å². The van der Waals surface area contributed by atoms with Gasteiger partial charge in [0.25, 0.3) is 0 Å². The zero-order valence-electron chi connectivity index (χ0n) is 11.0. The summed E-state index contributed by atoms with van der Waals surface area (Å²) in [6.07, 6.45) is 0. The van der Waals surface area contributed by atoms with Crippen LogP contribution in [0.15, 0.2) is 22.7 Å². The number of aromatic nitrogens is 1. The fraction of sp³-hybridized carbons (Fsp3) is 0.357. The third-order valence-electron chi connectivity index (χ3n) is 2.85. The lowest BCUT2D eigenvalue weighted by Crippen LogP contribution is -2.15. The van der Waals surface area contributed by atoms with E-state index in [1.807, 2.05) is 25.1 Å². The monoisotopic (exact) mass is 311 g/mol.